The summed E-state index contributed by atoms with van der Waals surface area (Å²) in [6.45, 7) is 0.101. The SMILES string of the molecule is COc1cc2c(cc1OC)C(c1ccccc1)N(C(=O)CN1C(=O)NC(Cc3c[nH]c4ccccc34)C1=O)CC2. The first-order valence-electron chi connectivity index (χ1n) is 13.2. The molecule has 4 amide bonds. The Morgan fingerprint density at radius 2 is 1.70 bits per heavy atom. The molecular weight excluding hydrogens is 508 g/mol. The number of aromatic nitrogens is 1. The van der Waals surface area contributed by atoms with Crippen molar-refractivity contribution in [1.82, 2.24) is 20.1 Å². The summed E-state index contributed by atoms with van der Waals surface area (Å²) in [4.78, 5) is 46.0. The number of nitrogens with one attached hydrogen (secondary N) is 2. The molecule has 0 radical (unpaired) electrons. The van der Waals surface area contributed by atoms with Gasteiger partial charge >= 0.3 is 6.03 Å². The highest BCUT2D eigenvalue weighted by Crippen LogP contribution is 2.41. The minimum atomic E-state index is -0.733. The second-order valence-corrected chi connectivity index (χ2v) is 10.0. The van der Waals surface area contributed by atoms with Gasteiger partial charge in [-0.2, -0.15) is 0 Å². The Hall–Kier alpha value is -4.79. The number of aromatic amines is 1. The van der Waals surface area contributed by atoms with Gasteiger partial charge in [-0.15, -0.1) is 0 Å². The number of para-hydroxylation sites is 1. The van der Waals surface area contributed by atoms with E-state index >= 15 is 0 Å². The zero-order valence-corrected chi connectivity index (χ0v) is 22.3. The van der Waals surface area contributed by atoms with Crippen molar-refractivity contribution in [1.29, 1.82) is 0 Å². The highest BCUT2D eigenvalue weighted by molar-refractivity contribution is 6.07. The van der Waals surface area contributed by atoms with Gasteiger partial charge in [-0.05, 0) is 46.9 Å². The fraction of sp³-hybridized carbons (Fsp3) is 0.258. The standard InChI is InChI=1S/C31H30N4O5/c1-39-26-15-20-12-13-34(29(19-8-4-3-5-9-19)23(20)16-27(26)40-2)28(36)18-35-30(37)25(33-31(35)38)14-21-17-32-24-11-7-6-10-22(21)24/h3-11,15-17,25,29,32H,12-14,18H2,1-2H3,(H,33,38). The average Bonchev–Trinajstić information content (AvgIpc) is 3.51. The summed E-state index contributed by atoms with van der Waals surface area (Å²) >= 11 is 0. The Labute approximate surface area is 231 Å². The molecule has 2 aliphatic rings. The van der Waals surface area contributed by atoms with Gasteiger partial charge in [-0.25, -0.2) is 4.79 Å². The summed E-state index contributed by atoms with van der Waals surface area (Å²) < 4.78 is 11.1. The van der Waals surface area contributed by atoms with E-state index in [4.69, 9.17) is 9.47 Å². The zero-order chi connectivity index (χ0) is 27.8. The first-order valence-corrected chi connectivity index (χ1v) is 13.2. The summed E-state index contributed by atoms with van der Waals surface area (Å²) in [5, 5.41) is 3.78. The quantitative estimate of drug-likeness (QED) is 0.348. The molecule has 3 heterocycles. The number of carbonyl (C=O) groups is 3. The molecule has 9 heteroatoms. The minimum absolute atomic E-state index is 0.300. The molecule has 0 bridgehead atoms. The van der Waals surface area contributed by atoms with Crippen LogP contribution in [0.25, 0.3) is 10.9 Å². The van der Waals surface area contributed by atoms with Crippen molar-refractivity contribution in [3.05, 3.63) is 95.2 Å². The van der Waals surface area contributed by atoms with Crippen molar-refractivity contribution in [3.8, 4) is 11.5 Å². The molecule has 6 rings (SSSR count). The van der Waals surface area contributed by atoms with E-state index in [1.54, 1.807) is 19.1 Å². The van der Waals surface area contributed by atoms with Gasteiger partial charge in [0.15, 0.2) is 11.5 Å². The summed E-state index contributed by atoms with van der Waals surface area (Å²) in [7, 11) is 3.18. The van der Waals surface area contributed by atoms with Crippen LogP contribution >= 0.6 is 0 Å². The van der Waals surface area contributed by atoms with Crippen LogP contribution in [0, 0.1) is 0 Å². The number of amides is 4. The second-order valence-electron chi connectivity index (χ2n) is 10.0. The summed E-state index contributed by atoms with van der Waals surface area (Å²) in [5.41, 5.74) is 4.82. The molecule has 4 aromatic rings. The molecule has 2 atom stereocenters. The number of hydrogen-bond donors (Lipinski definition) is 2. The van der Waals surface area contributed by atoms with Crippen LogP contribution in [0.15, 0.2) is 72.9 Å². The molecule has 1 aromatic heterocycles. The van der Waals surface area contributed by atoms with Crippen LogP contribution in [0.3, 0.4) is 0 Å². The third kappa shape index (κ3) is 4.43. The van der Waals surface area contributed by atoms with Crippen LogP contribution in [0.1, 0.15) is 28.3 Å². The average molecular weight is 539 g/mol. The van der Waals surface area contributed by atoms with Gasteiger partial charge in [-0.3, -0.25) is 14.5 Å². The van der Waals surface area contributed by atoms with Crippen LogP contribution < -0.4 is 14.8 Å². The molecule has 3 aromatic carbocycles. The largest absolute Gasteiger partial charge is 0.493 e. The topological polar surface area (TPSA) is 104 Å². The first-order chi connectivity index (χ1) is 19.5. The zero-order valence-electron chi connectivity index (χ0n) is 22.3. The van der Waals surface area contributed by atoms with Crippen LogP contribution in [0.2, 0.25) is 0 Å². The third-order valence-electron chi connectivity index (χ3n) is 7.81. The Balaban J connectivity index is 1.25. The lowest BCUT2D eigenvalue weighted by Crippen LogP contribution is -2.47. The number of fused-ring (bicyclic) bond motifs is 2. The molecule has 40 heavy (non-hydrogen) atoms. The molecule has 0 spiro atoms. The number of urea groups is 1. The first kappa shape index (κ1) is 25.5. The predicted octanol–water partition coefficient (Wildman–Crippen LogP) is 3.82. The van der Waals surface area contributed by atoms with Gasteiger partial charge in [0.1, 0.15) is 12.6 Å². The molecule has 9 nitrogen and oxygen atoms in total. The molecule has 2 unspecified atom stereocenters. The number of benzene rings is 3. The lowest BCUT2D eigenvalue weighted by Gasteiger charge is -2.38. The van der Waals surface area contributed by atoms with Crippen molar-refractivity contribution in [2.45, 2.75) is 24.9 Å². The van der Waals surface area contributed by atoms with Crippen LogP contribution in [-0.4, -0.2) is 66.0 Å². The van der Waals surface area contributed by atoms with Crippen LogP contribution in [0.4, 0.5) is 4.79 Å². The molecule has 0 aliphatic carbocycles. The normalized spacial score (nSPS) is 18.6. The van der Waals surface area contributed by atoms with Crippen molar-refractivity contribution >= 4 is 28.7 Å². The lowest BCUT2D eigenvalue weighted by atomic mass is 9.87. The fourth-order valence-electron chi connectivity index (χ4n) is 5.82. The maximum Gasteiger partial charge on any atom is 0.325 e. The summed E-state index contributed by atoms with van der Waals surface area (Å²) in [5.74, 6) is 0.508. The van der Waals surface area contributed by atoms with Crippen molar-refractivity contribution in [3.63, 3.8) is 0 Å². The van der Waals surface area contributed by atoms with E-state index in [1.807, 2.05) is 72.9 Å². The maximum atomic E-state index is 13.8. The van der Waals surface area contributed by atoms with Gasteiger partial charge in [0, 0.05) is 30.1 Å². The van der Waals surface area contributed by atoms with Gasteiger partial charge < -0.3 is 24.7 Å². The number of hydrogen-bond acceptors (Lipinski definition) is 5. The van der Waals surface area contributed by atoms with Crippen LogP contribution in [0.5, 0.6) is 11.5 Å². The van der Waals surface area contributed by atoms with Gasteiger partial charge in [0.05, 0.1) is 20.3 Å². The number of ether oxygens (including phenoxy) is 2. The minimum Gasteiger partial charge on any atom is -0.493 e. The van der Waals surface area contributed by atoms with Crippen molar-refractivity contribution in [2.75, 3.05) is 27.3 Å². The van der Waals surface area contributed by atoms with Crippen LogP contribution in [-0.2, 0) is 22.4 Å². The number of H-pyrrole nitrogens is 1. The molecule has 1 saturated heterocycles. The number of imide groups is 1. The Morgan fingerprint density at radius 3 is 2.48 bits per heavy atom. The molecule has 1 fully saturated rings. The van der Waals surface area contributed by atoms with Gasteiger partial charge in [0.25, 0.3) is 5.91 Å². The third-order valence-corrected chi connectivity index (χ3v) is 7.81. The van der Waals surface area contributed by atoms with Crippen molar-refractivity contribution < 1.29 is 23.9 Å². The van der Waals surface area contributed by atoms with E-state index in [9.17, 15) is 14.4 Å². The van der Waals surface area contributed by atoms with E-state index in [1.165, 1.54) is 0 Å². The van der Waals surface area contributed by atoms with E-state index < -0.39 is 24.0 Å². The molecule has 2 aliphatic heterocycles. The number of nitrogens with zero attached hydrogens (tertiary/aromatic N) is 2. The number of rotatable bonds is 7. The highest BCUT2D eigenvalue weighted by Gasteiger charge is 2.41. The Morgan fingerprint density at radius 1 is 0.975 bits per heavy atom. The summed E-state index contributed by atoms with van der Waals surface area (Å²) in [6.07, 6.45) is 2.80. The van der Waals surface area contributed by atoms with Gasteiger partial charge in [-0.1, -0.05) is 48.5 Å². The number of methoxy groups -OCH3 is 2. The Bertz CT molecular complexity index is 1600. The predicted molar refractivity (Wildman–Crippen MR) is 149 cm³/mol. The van der Waals surface area contributed by atoms with E-state index in [0.717, 1.165) is 38.1 Å². The fourth-order valence-corrected chi connectivity index (χ4v) is 5.82. The highest BCUT2D eigenvalue weighted by atomic mass is 16.5. The number of carbonyl (C=O) groups excluding carboxylic acids is 3. The van der Waals surface area contributed by atoms with Crippen molar-refractivity contribution in [2.24, 2.45) is 0 Å². The molecular formula is C31H30N4O5. The monoisotopic (exact) mass is 538 g/mol. The van der Waals surface area contributed by atoms with E-state index in [0.29, 0.717) is 30.9 Å². The summed E-state index contributed by atoms with van der Waals surface area (Å²) in [6, 6.07) is 19.7. The smallest absolute Gasteiger partial charge is 0.325 e. The molecule has 204 valence electrons. The second kappa shape index (κ2) is 10.4. The molecule has 0 saturated carbocycles. The van der Waals surface area contributed by atoms with E-state index in [2.05, 4.69) is 10.3 Å². The maximum absolute atomic E-state index is 13.8. The lowest BCUT2D eigenvalue weighted by molar-refractivity contribution is -0.138. The van der Waals surface area contributed by atoms with Gasteiger partial charge in [0.2, 0.25) is 5.91 Å². The Kier molecular flexibility index (Phi) is 6.63. The molecule has 2 N–H and O–H groups in total. The van der Waals surface area contributed by atoms with E-state index in [-0.39, 0.29) is 12.5 Å².